The lowest BCUT2D eigenvalue weighted by atomic mass is 9.56. The molecule has 0 unspecified atom stereocenters. The third-order valence-corrected chi connectivity index (χ3v) is 2.34. The largest absolute Gasteiger partial charge is 0.564 e. The van der Waals surface area contributed by atoms with Crippen molar-refractivity contribution in [2.75, 3.05) is 0 Å². The van der Waals surface area contributed by atoms with Crippen molar-refractivity contribution in [2.45, 2.75) is 38.9 Å². The van der Waals surface area contributed by atoms with Crippen LogP contribution in [0.3, 0.4) is 0 Å². The molecule has 1 fully saturated rings. The summed E-state index contributed by atoms with van der Waals surface area (Å²) in [5.41, 5.74) is -1.62. The summed E-state index contributed by atoms with van der Waals surface area (Å²) in [6, 6.07) is 0. The van der Waals surface area contributed by atoms with Crippen LogP contribution in [0, 0.1) is 0 Å². The molecule has 0 aromatic heterocycles. The van der Waals surface area contributed by atoms with Crippen LogP contribution in [0.5, 0.6) is 0 Å². The average Bonchev–Trinajstić information content (AvgIpc) is 2.35. The minimum Gasteiger partial charge on any atom is -0.564 e. The zero-order valence-corrected chi connectivity index (χ0v) is 10.2. The van der Waals surface area contributed by atoms with Crippen LogP contribution in [-0.2, 0) is 14.0 Å². The highest BCUT2D eigenvalue weighted by Crippen LogP contribution is 2.29. The van der Waals surface area contributed by atoms with Gasteiger partial charge in [0.25, 0.3) is 0 Å². The van der Waals surface area contributed by atoms with Crippen molar-refractivity contribution in [3.05, 3.63) is 24.7 Å². The molecule has 1 aliphatic rings. The summed E-state index contributed by atoms with van der Waals surface area (Å²) in [4.78, 5) is 0. The quantitative estimate of drug-likeness (QED) is 0.575. The topological polar surface area (TPSA) is 47.9 Å². The van der Waals surface area contributed by atoms with Crippen LogP contribution in [0.1, 0.15) is 27.7 Å². The molecular weight excluding hydrogens is 206 g/mol. The summed E-state index contributed by atoms with van der Waals surface area (Å²) in [5, 5.41) is 9.57. The SMILES string of the molecule is C=C(O[B]B1OC(=C)C(C)(C)O1)C(C)(C)O. The highest BCUT2D eigenvalue weighted by atomic mass is 16.7. The highest BCUT2D eigenvalue weighted by molar-refractivity contribution is 7.03. The predicted molar refractivity (Wildman–Crippen MR) is 63.4 cm³/mol. The Kier molecular flexibility index (Phi) is 3.45. The second kappa shape index (κ2) is 4.18. The van der Waals surface area contributed by atoms with E-state index in [1.54, 1.807) is 13.8 Å². The van der Waals surface area contributed by atoms with E-state index < -0.39 is 18.2 Å². The van der Waals surface area contributed by atoms with Crippen LogP contribution in [0.15, 0.2) is 24.7 Å². The molecule has 1 N–H and O–H groups in total. The Morgan fingerprint density at radius 2 is 2.12 bits per heavy atom. The maximum absolute atomic E-state index is 9.57. The van der Waals surface area contributed by atoms with Crippen LogP contribution in [0.4, 0.5) is 0 Å². The fourth-order valence-corrected chi connectivity index (χ4v) is 1.000. The third-order valence-electron chi connectivity index (χ3n) is 2.34. The van der Waals surface area contributed by atoms with E-state index in [0.717, 1.165) is 0 Å². The van der Waals surface area contributed by atoms with E-state index in [0.29, 0.717) is 5.76 Å². The monoisotopic (exact) mass is 223 g/mol. The van der Waals surface area contributed by atoms with Gasteiger partial charge in [-0.05, 0) is 27.7 Å². The Balaban J connectivity index is 2.42. The molecule has 1 radical (unpaired) electrons. The normalized spacial score (nSPS) is 19.3. The van der Waals surface area contributed by atoms with Gasteiger partial charge in [-0.15, -0.1) is 0 Å². The Bertz CT molecular complexity index is 306. The molecule has 0 aliphatic carbocycles. The lowest BCUT2D eigenvalue weighted by Gasteiger charge is -2.21. The van der Waals surface area contributed by atoms with Crippen LogP contribution in [0.2, 0.25) is 0 Å². The van der Waals surface area contributed by atoms with Crippen LogP contribution in [0.25, 0.3) is 0 Å². The molecule has 6 heteroatoms. The Morgan fingerprint density at radius 3 is 2.50 bits per heavy atom. The standard InChI is InChI=1S/C10H17B2O4/c1-7(9(3,4)13)14-11-12-15-8(2)10(5,6)16-12/h13H,1-2H2,3-6H3. The van der Waals surface area contributed by atoms with Gasteiger partial charge in [-0.25, -0.2) is 0 Å². The zero-order valence-electron chi connectivity index (χ0n) is 10.2. The van der Waals surface area contributed by atoms with E-state index >= 15 is 0 Å². The lowest BCUT2D eigenvalue weighted by Crippen LogP contribution is -2.33. The minimum atomic E-state index is -1.10. The van der Waals surface area contributed by atoms with Crippen LogP contribution < -0.4 is 0 Å². The second-order valence-electron chi connectivity index (χ2n) is 4.77. The smallest absolute Gasteiger partial charge is 0.522 e. The van der Waals surface area contributed by atoms with Crippen molar-refractivity contribution in [1.29, 1.82) is 0 Å². The first-order valence-electron chi connectivity index (χ1n) is 5.08. The first kappa shape index (κ1) is 13.2. The fourth-order valence-electron chi connectivity index (χ4n) is 1.000. The third kappa shape index (κ3) is 3.06. The Labute approximate surface area is 97.7 Å². The molecule has 0 spiro atoms. The van der Waals surface area contributed by atoms with Crippen molar-refractivity contribution >= 4 is 14.4 Å². The van der Waals surface area contributed by atoms with Gasteiger partial charge in [0.05, 0.1) is 11.5 Å². The molecule has 0 amide bonds. The molecule has 1 saturated heterocycles. The summed E-state index contributed by atoms with van der Waals surface area (Å²) in [7, 11) is 0.724. The van der Waals surface area contributed by atoms with Crippen molar-refractivity contribution in [2.24, 2.45) is 0 Å². The molecule has 16 heavy (non-hydrogen) atoms. The zero-order chi connectivity index (χ0) is 12.6. The Hall–Kier alpha value is -0.870. The van der Waals surface area contributed by atoms with Gasteiger partial charge in [0.15, 0.2) is 0 Å². The number of aliphatic hydroxyl groups is 1. The molecule has 0 bridgehead atoms. The summed E-state index contributed by atoms with van der Waals surface area (Å²) >= 11 is 0. The van der Waals surface area contributed by atoms with Crippen LogP contribution >= 0.6 is 0 Å². The van der Waals surface area contributed by atoms with Gasteiger partial charge < -0.3 is 19.1 Å². The van der Waals surface area contributed by atoms with Gasteiger partial charge in [0, 0.05) is 0 Å². The average molecular weight is 223 g/mol. The van der Waals surface area contributed by atoms with E-state index in [2.05, 4.69) is 13.2 Å². The van der Waals surface area contributed by atoms with E-state index in [9.17, 15) is 5.11 Å². The molecular formula is C10H17B2O4. The van der Waals surface area contributed by atoms with Crippen LogP contribution in [-0.4, -0.2) is 30.7 Å². The van der Waals surface area contributed by atoms with Crippen molar-refractivity contribution in [3.63, 3.8) is 0 Å². The fraction of sp³-hybridized carbons (Fsp3) is 0.600. The minimum absolute atomic E-state index is 0.231. The molecule has 0 aromatic carbocycles. The van der Waals surface area contributed by atoms with E-state index in [1.165, 1.54) is 7.37 Å². The van der Waals surface area contributed by atoms with Gasteiger partial charge >= 0.3 is 14.4 Å². The molecule has 1 heterocycles. The second-order valence-corrected chi connectivity index (χ2v) is 4.77. The molecule has 0 atom stereocenters. The molecule has 0 saturated carbocycles. The summed E-state index contributed by atoms with van der Waals surface area (Å²) in [6.45, 7) is 14.2. The predicted octanol–water partition coefficient (Wildman–Crippen LogP) is 1.23. The van der Waals surface area contributed by atoms with Crippen molar-refractivity contribution in [1.82, 2.24) is 0 Å². The van der Waals surface area contributed by atoms with Gasteiger partial charge in [0.2, 0.25) is 0 Å². The summed E-state index contributed by atoms with van der Waals surface area (Å²) in [5.74, 6) is 0.779. The van der Waals surface area contributed by atoms with Crippen molar-refractivity contribution < 1.29 is 19.1 Å². The van der Waals surface area contributed by atoms with Gasteiger partial charge in [0.1, 0.15) is 11.2 Å². The van der Waals surface area contributed by atoms with Gasteiger partial charge in [-0.3, -0.25) is 0 Å². The van der Waals surface area contributed by atoms with E-state index in [-0.39, 0.29) is 5.76 Å². The number of hydrogen-bond acceptors (Lipinski definition) is 4. The molecule has 0 aromatic rings. The van der Waals surface area contributed by atoms with Gasteiger partial charge in [-0.1, -0.05) is 13.2 Å². The molecule has 4 nitrogen and oxygen atoms in total. The maximum Gasteiger partial charge on any atom is 0.522 e. The number of rotatable bonds is 4. The molecule has 87 valence electrons. The lowest BCUT2D eigenvalue weighted by molar-refractivity contribution is 0.0799. The maximum atomic E-state index is 9.57. The molecule has 1 aliphatic heterocycles. The first-order chi connectivity index (χ1) is 7.13. The summed E-state index contributed by atoms with van der Waals surface area (Å²) in [6.07, 6.45) is 0. The van der Waals surface area contributed by atoms with E-state index in [1.807, 2.05) is 13.8 Å². The highest BCUT2D eigenvalue weighted by Gasteiger charge is 2.43. The van der Waals surface area contributed by atoms with E-state index in [4.69, 9.17) is 14.0 Å². The summed E-state index contributed by atoms with van der Waals surface area (Å²) < 4.78 is 16.0. The molecule has 1 rings (SSSR count). The van der Waals surface area contributed by atoms with Crippen molar-refractivity contribution in [3.8, 4) is 0 Å². The van der Waals surface area contributed by atoms with Gasteiger partial charge in [-0.2, -0.15) is 0 Å². The Morgan fingerprint density at radius 1 is 1.56 bits per heavy atom. The first-order valence-corrected chi connectivity index (χ1v) is 5.08. The number of hydrogen-bond donors (Lipinski definition) is 1.